The Balaban J connectivity index is 2.09. The number of hydrogen-bond acceptors (Lipinski definition) is 2. The molecular weight excluding hydrogens is 212 g/mol. The molecule has 1 aromatic carbocycles. The fourth-order valence-electron chi connectivity index (χ4n) is 2.57. The summed E-state index contributed by atoms with van der Waals surface area (Å²) in [5.74, 6) is 0.318. The highest BCUT2D eigenvalue weighted by atomic mass is 16.5. The lowest BCUT2D eigenvalue weighted by atomic mass is 9.81. The highest BCUT2D eigenvalue weighted by molar-refractivity contribution is 5.69. The van der Waals surface area contributed by atoms with Crippen LogP contribution < -0.4 is 0 Å². The van der Waals surface area contributed by atoms with Crippen LogP contribution in [-0.2, 0) is 9.53 Å². The second-order valence-corrected chi connectivity index (χ2v) is 4.68. The van der Waals surface area contributed by atoms with Gasteiger partial charge >= 0.3 is 5.97 Å². The lowest BCUT2D eigenvalue weighted by Crippen LogP contribution is -2.28. The van der Waals surface area contributed by atoms with Gasteiger partial charge in [-0.05, 0) is 24.8 Å². The van der Waals surface area contributed by atoms with Crippen LogP contribution in [-0.4, -0.2) is 12.1 Å². The molecule has 0 heterocycles. The molecule has 0 unspecified atom stereocenters. The van der Waals surface area contributed by atoms with Gasteiger partial charge in [0.15, 0.2) is 0 Å². The number of rotatable bonds is 3. The molecule has 92 valence electrons. The summed E-state index contributed by atoms with van der Waals surface area (Å²) in [6.45, 7) is 1.85. The Kier molecular flexibility index (Phi) is 4.18. The molecule has 0 saturated heterocycles. The van der Waals surface area contributed by atoms with Gasteiger partial charge in [0, 0.05) is 12.3 Å². The van der Waals surface area contributed by atoms with E-state index in [1.165, 1.54) is 18.4 Å². The van der Waals surface area contributed by atoms with E-state index in [1.807, 2.05) is 13.0 Å². The van der Waals surface area contributed by atoms with Gasteiger partial charge in [-0.15, -0.1) is 0 Å². The zero-order valence-electron chi connectivity index (χ0n) is 10.4. The van der Waals surface area contributed by atoms with Crippen LogP contribution in [0.5, 0.6) is 0 Å². The van der Waals surface area contributed by atoms with Crippen LogP contribution in [0.15, 0.2) is 30.3 Å². The molecule has 0 bridgehead atoms. The summed E-state index contributed by atoms with van der Waals surface area (Å²) in [6.07, 6.45) is 5.10. The molecule has 1 aromatic rings. The van der Waals surface area contributed by atoms with Gasteiger partial charge in [-0.25, -0.2) is 0 Å². The minimum Gasteiger partial charge on any atom is -0.462 e. The number of esters is 1. The molecule has 17 heavy (non-hydrogen) atoms. The van der Waals surface area contributed by atoms with Crippen molar-refractivity contribution in [2.45, 2.75) is 51.0 Å². The van der Waals surface area contributed by atoms with Crippen molar-refractivity contribution in [3.63, 3.8) is 0 Å². The van der Waals surface area contributed by atoms with Crippen molar-refractivity contribution in [1.29, 1.82) is 0 Å². The molecule has 0 radical (unpaired) electrons. The molecule has 0 amide bonds. The van der Waals surface area contributed by atoms with E-state index in [0.29, 0.717) is 12.3 Å². The Morgan fingerprint density at radius 3 is 2.65 bits per heavy atom. The van der Waals surface area contributed by atoms with Gasteiger partial charge in [-0.3, -0.25) is 4.79 Å². The first-order chi connectivity index (χ1) is 8.31. The van der Waals surface area contributed by atoms with Crippen LogP contribution >= 0.6 is 0 Å². The van der Waals surface area contributed by atoms with Crippen LogP contribution in [0.4, 0.5) is 0 Å². The summed E-state index contributed by atoms with van der Waals surface area (Å²) >= 11 is 0. The van der Waals surface area contributed by atoms with Crippen molar-refractivity contribution in [1.82, 2.24) is 0 Å². The zero-order chi connectivity index (χ0) is 12.1. The highest BCUT2D eigenvalue weighted by Gasteiger charge is 2.28. The van der Waals surface area contributed by atoms with Crippen molar-refractivity contribution in [2.75, 3.05) is 0 Å². The van der Waals surface area contributed by atoms with E-state index in [-0.39, 0.29) is 12.1 Å². The van der Waals surface area contributed by atoms with Crippen molar-refractivity contribution < 1.29 is 9.53 Å². The first kappa shape index (κ1) is 12.2. The van der Waals surface area contributed by atoms with E-state index in [1.54, 1.807) is 0 Å². The minimum atomic E-state index is -0.0715. The van der Waals surface area contributed by atoms with Gasteiger partial charge in [0.25, 0.3) is 0 Å². The quantitative estimate of drug-likeness (QED) is 0.743. The second-order valence-electron chi connectivity index (χ2n) is 4.68. The zero-order valence-corrected chi connectivity index (χ0v) is 10.4. The number of ether oxygens (including phenoxy) is 1. The molecule has 2 nitrogen and oxygen atoms in total. The lowest BCUT2D eigenvalue weighted by molar-refractivity contribution is -0.151. The SMILES string of the molecule is CCC(=O)O[C@H]1CCCC[C@@H]1c1ccccc1. The first-order valence-electron chi connectivity index (χ1n) is 6.55. The molecule has 1 aliphatic rings. The summed E-state index contributed by atoms with van der Waals surface area (Å²) in [5, 5.41) is 0. The molecule has 0 N–H and O–H groups in total. The van der Waals surface area contributed by atoms with Gasteiger partial charge in [0.1, 0.15) is 6.10 Å². The standard InChI is InChI=1S/C15H20O2/c1-2-15(16)17-14-11-7-6-10-13(14)12-8-4-3-5-9-12/h3-5,8-9,13-14H,2,6-7,10-11H2,1H3/t13-,14+/m1/s1. The van der Waals surface area contributed by atoms with Crippen LogP contribution in [0, 0.1) is 0 Å². The Labute approximate surface area is 103 Å². The molecular formula is C15H20O2. The molecule has 1 saturated carbocycles. The molecule has 0 aliphatic heterocycles. The number of hydrogen-bond donors (Lipinski definition) is 0. The fraction of sp³-hybridized carbons (Fsp3) is 0.533. The molecule has 0 aromatic heterocycles. The van der Waals surface area contributed by atoms with Gasteiger partial charge in [-0.2, -0.15) is 0 Å². The minimum absolute atomic E-state index is 0.0715. The normalized spacial score (nSPS) is 24.3. The summed E-state index contributed by atoms with van der Waals surface area (Å²) in [7, 11) is 0. The summed E-state index contributed by atoms with van der Waals surface area (Å²) in [6, 6.07) is 10.4. The van der Waals surface area contributed by atoms with Gasteiger partial charge in [0.2, 0.25) is 0 Å². The van der Waals surface area contributed by atoms with E-state index in [4.69, 9.17) is 4.74 Å². The van der Waals surface area contributed by atoms with Gasteiger partial charge < -0.3 is 4.74 Å². The second kappa shape index (κ2) is 5.85. The molecule has 2 rings (SSSR count). The Bertz CT molecular complexity index is 358. The molecule has 1 aliphatic carbocycles. The molecule has 2 atom stereocenters. The first-order valence-corrected chi connectivity index (χ1v) is 6.55. The van der Waals surface area contributed by atoms with Crippen LogP contribution in [0.3, 0.4) is 0 Å². The predicted molar refractivity (Wildman–Crippen MR) is 67.8 cm³/mol. The Hall–Kier alpha value is -1.31. The molecule has 1 fully saturated rings. The highest BCUT2D eigenvalue weighted by Crippen LogP contribution is 2.35. The third-order valence-electron chi connectivity index (χ3n) is 3.50. The third kappa shape index (κ3) is 3.09. The topological polar surface area (TPSA) is 26.3 Å². The maximum Gasteiger partial charge on any atom is 0.305 e. The van der Waals surface area contributed by atoms with E-state index in [2.05, 4.69) is 24.3 Å². The van der Waals surface area contributed by atoms with Gasteiger partial charge in [0.05, 0.1) is 0 Å². The summed E-state index contributed by atoms with van der Waals surface area (Å²) < 4.78 is 5.57. The van der Waals surface area contributed by atoms with Gasteiger partial charge in [-0.1, -0.05) is 43.7 Å². The van der Waals surface area contributed by atoms with Crippen LogP contribution in [0.25, 0.3) is 0 Å². The van der Waals surface area contributed by atoms with Crippen LogP contribution in [0.1, 0.15) is 50.5 Å². The largest absolute Gasteiger partial charge is 0.462 e. The van der Waals surface area contributed by atoms with Crippen molar-refractivity contribution in [2.24, 2.45) is 0 Å². The van der Waals surface area contributed by atoms with Crippen molar-refractivity contribution in [3.05, 3.63) is 35.9 Å². The van der Waals surface area contributed by atoms with E-state index in [0.717, 1.165) is 12.8 Å². The van der Waals surface area contributed by atoms with E-state index < -0.39 is 0 Å². The lowest BCUT2D eigenvalue weighted by Gasteiger charge is -2.31. The summed E-state index contributed by atoms with van der Waals surface area (Å²) in [4.78, 5) is 11.4. The fourth-order valence-corrected chi connectivity index (χ4v) is 2.57. The van der Waals surface area contributed by atoms with E-state index >= 15 is 0 Å². The average Bonchev–Trinajstić information content (AvgIpc) is 2.40. The predicted octanol–water partition coefficient (Wildman–Crippen LogP) is 3.67. The smallest absolute Gasteiger partial charge is 0.305 e. The number of carbonyl (C=O) groups excluding carboxylic acids is 1. The van der Waals surface area contributed by atoms with Crippen molar-refractivity contribution in [3.8, 4) is 0 Å². The van der Waals surface area contributed by atoms with E-state index in [9.17, 15) is 4.79 Å². The van der Waals surface area contributed by atoms with Crippen LogP contribution in [0.2, 0.25) is 0 Å². The molecule has 2 heteroatoms. The monoisotopic (exact) mass is 232 g/mol. The van der Waals surface area contributed by atoms with Crippen molar-refractivity contribution >= 4 is 5.97 Å². The molecule has 0 spiro atoms. The number of benzene rings is 1. The average molecular weight is 232 g/mol. The summed E-state index contributed by atoms with van der Waals surface area (Å²) in [5.41, 5.74) is 1.31. The maximum atomic E-state index is 11.4. The Morgan fingerprint density at radius 1 is 1.24 bits per heavy atom. The Morgan fingerprint density at radius 2 is 1.94 bits per heavy atom. The maximum absolute atomic E-state index is 11.4. The number of carbonyl (C=O) groups is 1. The third-order valence-corrected chi connectivity index (χ3v) is 3.50.